The number of fused-ring (bicyclic) bond motifs is 1. The van der Waals surface area contributed by atoms with Gasteiger partial charge in [-0.2, -0.15) is 5.10 Å². The van der Waals surface area contributed by atoms with Crippen LogP contribution in [0.15, 0.2) is 71.2 Å². The normalized spacial score (nSPS) is 11.0. The molecule has 5 heteroatoms. The van der Waals surface area contributed by atoms with Crippen LogP contribution in [0.1, 0.15) is 11.3 Å². The van der Waals surface area contributed by atoms with Gasteiger partial charge in [-0.25, -0.2) is 0 Å². The lowest BCUT2D eigenvalue weighted by molar-refractivity contribution is -0.115. The van der Waals surface area contributed by atoms with Gasteiger partial charge in [-0.15, -0.1) is 0 Å². The molecule has 1 N–H and O–H groups in total. The molecule has 0 fully saturated rings. The Morgan fingerprint density at radius 3 is 2.54 bits per heavy atom. The number of hydrogen-bond donors (Lipinski definition) is 1. The number of carbonyl (C=O) groups is 1. The number of rotatable bonds is 4. The molecule has 4 aromatic rings. The summed E-state index contributed by atoms with van der Waals surface area (Å²) in [6, 6.07) is 22.2. The van der Waals surface area contributed by atoms with Crippen LogP contribution in [0.4, 0.5) is 5.82 Å². The molecule has 0 saturated heterocycles. The summed E-state index contributed by atoms with van der Waals surface area (Å²) in [5.74, 6) is 0.655. The first-order valence-corrected chi connectivity index (χ1v) is 9.88. The molecule has 28 heavy (non-hydrogen) atoms. The zero-order chi connectivity index (χ0) is 19.7. The first-order chi connectivity index (χ1) is 13.5. The van der Waals surface area contributed by atoms with Crippen molar-refractivity contribution in [3.63, 3.8) is 0 Å². The molecule has 4 nitrogen and oxygen atoms in total. The number of aromatic nitrogens is 2. The second-order valence-electron chi connectivity index (χ2n) is 6.80. The van der Waals surface area contributed by atoms with Crippen LogP contribution in [-0.2, 0) is 18.3 Å². The Labute approximate surface area is 172 Å². The minimum absolute atomic E-state index is 0.0577. The van der Waals surface area contributed by atoms with E-state index in [2.05, 4.69) is 44.5 Å². The van der Waals surface area contributed by atoms with E-state index in [1.54, 1.807) is 4.68 Å². The fraction of sp³-hybridized carbons (Fsp3) is 0.130. The zero-order valence-corrected chi connectivity index (χ0v) is 17.3. The highest BCUT2D eigenvalue weighted by Gasteiger charge is 2.18. The summed E-state index contributed by atoms with van der Waals surface area (Å²) in [7, 11) is 1.85. The number of anilines is 1. The van der Waals surface area contributed by atoms with Crippen molar-refractivity contribution in [1.29, 1.82) is 0 Å². The van der Waals surface area contributed by atoms with E-state index in [-0.39, 0.29) is 5.91 Å². The Kier molecular flexibility index (Phi) is 5.01. The Balaban J connectivity index is 1.64. The molecule has 0 saturated carbocycles. The van der Waals surface area contributed by atoms with Crippen LogP contribution in [0.5, 0.6) is 0 Å². The predicted molar refractivity (Wildman–Crippen MR) is 117 cm³/mol. The minimum atomic E-state index is -0.0577. The minimum Gasteiger partial charge on any atom is -0.310 e. The molecule has 1 heterocycles. The van der Waals surface area contributed by atoms with Crippen LogP contribution in [-0.4, -0.2) is 15.7 Å². The van der Waals surface area contributed by atoms with Crippen LogP contribution < -0.4 is 5.32 Å². The van der Waals surface area contributed by atoms with E-state index in [1.165, 1.54) is 0 Å². The van der Waals surface area contributed by atoms with E-state index in [0.29, 0.717) is 12.2 Å². The molecular formula is C23H20BrN3O. The summed E-state index contributed by atoms with van der Waals surface area (Å²) < 4.78 is 2.74. The standard InChI is InChI=1S/C23H20BrN3O/c1-15-22(17-10-12-19(24)13-11-17)23(27(2)26-15)25-21(28)14-18-8-5-7-16-6-3-4-9-20(16)18/h3-13H,14H2,1-2H3,(H,25,28). The van der Waals surface area contributed by atoms with Crippen molar-refractivity contribution in [1.82, 2.24) is 9.78 Å². The van der Waals surface area contributed by atoms with Crippen LogP contribution >= 0.6 is 15.9 Å². The maximum absolute atomic E-state index is 12.9. The van der Waals surface area contributed by atoms with Crippen molar-refractivity contribution in [3.8, 4) is 11.1 Å². The van der Waals surface area contributed by atoms with Gasteiger partial charge in [0.25, 0.3) is 0 Å². The fourth-order valence-electron chi connectivity index (χ4n) is 3.56. The average molecular weight is 434 g/mol. The molecule has 0 bridgehead atoms. The molecule has 0 radical (unpaired) electrons. The molecule has 1 amide bonds. The molecular weight excluding hydrogens is 414 g/mol. The molecule has 0 aliphatic carbocycles. The number of carbonyl (C=O) groups excluding carboxylic acids is 1. The van der Waals surface area contributed by atoms with E-state index in [9.17, 15) is 4.79 Å². The highest BCUT2D eigenvalue weighted by atomic mass is 79.9. The maximum atomic E-state index is 12.9. The molecule has 0 atom stereocenters. The molecule has 0 unspecified atom stereocenters. The van der Waals surface area contributed by atoms with E-state index >= 15 is 0 Å². The molecule has 140 valence electrons. The number of halogens is 1. The number of aryl methyl sites for hydroxylation is 2. The third kappa shape index (κ3) is 3.58. The first-order valence-electron chi connectivity index (χ1n) is 9.09. The second kappa shape index (κ2) is 7.60. The summed E-state index contributed by atoms with van der Waals surface area (Å²) in [4.78, 5) is 12.9. The highest BCUT2D eigenvalue weighted by molar-refractivity contribution is 9.10. The first kappa shape index (κ1) is 18.4. The van der Waals surface area contributed by atoms with Gasteiger partial charge in [0.2, 0.25) is 5.91 Å². The SMILES string of the molecule is Cc1nn(C)c(NC(=O)Cc2cccc3ccccc23)c1-c1ccc(Br)cc1. The van der Waals surface area contributed by atoms with Gasteiger partial charge in [-0.05, 0) is 41.0 Å². The van der Waals surface area contributed by atoms with Crippen molar-refractivity contribution in [3.05, 3.63) is 82.5 Å². The van der Waals surface area contributed by atoms with Gasteiger partial charge >= 0.3 is 0 Å². The topological polar surface area (TPSA) is 46.9 Å². The largest absolute Gasteiger partial charge is 0.310 e. The van der Waals surface area contributed by atoms with Crippen molar-refractivity contribution >= 4 is 38.4 Å². The Morgan fingerprint density at radius 2 is 1.75 bits per heavy atom. The number of nitrogens with one attached hydrogen (secondary N) is 1. The van der Waals surface area contributed by atoms with Gasteiger partial charge in [0.05, 0.1) is 12.1 Å². The highest BCUT2D eigenvalue weighted by Crippen LogP contribution is 2.32. The summed E-state index contributed by atoms with van der Waals surface area (Å²) >= 11 is 3.47. The van der Waals surface area contributed by atoms with E-state index < -0.39 is 0 Å². The van der Waals surface area contributed by atoms with E-state index in [0.717, 1.165) is 37.6 Å². The van der Waals surface area contributed by atoms with E-state index in [4.69, 9.17) is 0 Å². The monoisotopic (exact) mass is 433 g/mol. The molecule has 0 spiro atoms. The van der Waals surface area contributed by atoms with E-state index in [1.807, 2.05) is 62.5 Å². The number of benzene rings is 3. The smallest absolute Gasteiger partial charge is 0.229 e. The Morgan fingerprint density at radius 1 is 1.04 bits per heavy atom. The Bertz CT molecular complexity index is 1160. The van der Waals surface area contributed by atoms with Gasteiger partial charge in [-0.1, -0.05) is 70.5 Å². The molecule has 1 aromatic heterocycles. The second-order valence-corrected chi connectivity index (χ2v) is 7.72. The number of hydrogen-bond acceptors (Lipinski definition) is 2. The number of nitrogens with zero attached hydrogens (tertiary/aromatic N) is 2. The predicted octanol–water partition coefficient (Wildman–Crippen LogP) is 5.49. The van der Waals surface area contributed by atoms with Crippen molar-refractivity contribution < 1.29 is 4.79 Å². The lowest BCUT2D eigenvalue weighted by Crippen LogP contribution is -2.17. The van der Waals surface area contributed by atoms with Gasteiger partial charge < -0.3 is 5.32 Å². The fourth-order valence-corrected chi connectivity index (χ4v) is 3.82. The summed E-state index contributed by atoms with van der Waals surface area (Å²) in [6.45, 7) is 1.96. The van der Waals surface area contributed by atoms with Crippen LogP contribution in [0.2, 0.25) is 0 Å². The lowest BCUT2D eigenvalue weighted by atomic mass is 10.0. The van der Waals surface area contributed by atoms with Crippen molar-refractivity contribution in [2.75, 3.05) is 5.32 Å². The van der Waals surface area contributed by atoms with Gasteiger partial charge in [-0.3, -0.25) is 9.48 Å². The average Bonchev–Trinajstić information content (AvgIpc) is 2.96. The summed E-state index contributed by atoms with van der Waals surface area (Å²) in [5.41, 5.74) is 3.86. The van der Waals surface area contributed by atoms with Gasteiger partial charge in [0, 0.05) is 17.1 Å². The molecule has 3 aromatic carbocycles. The summed E-state index contributed by atoms with van der Waals surface area (Å²) in [6.07, 6.45) is 0.311. The van der Waals surface area contributed by atoms with Crippen LogP contribution in [0, 0.1) is 6.92 Å². The molecule has 0 aliphatic heterocycles. The quantitative estimate of drug-likeness (QED) is 0.462. The van der Waals surface area contributed by atoms with Gasteiger partial charge in [0.15, 0.2) is 0 Å². The third-order valence-corrected chi connectivity index (χ3v) is 5.37. The summed E-state index contributed by atoms with van der Waals surface area (Å²) in [5, 5.41) is 9.83. The lowest BCUT2D eigenvalue weighted by Gasteiger charge is -2.11. The van der Waals surface area contributed by atoms with Crippen LogP contribution in [0.3, 0.4) is 0 Å². The molecule has 4 rings (SSSR count). The third-order valence-electron chi connectivity index (χ3n) is 4.84. The Hall–Kier alpha value is -2.92. The maximum Gasteiger partial charge on any atom is 0.229 e. The van der Waals surface area contributed by atoms with Crippen LogP contribution in [0.25, 0.3) is 21.9 Å². The van der Waals surface area contributed by atoms with Crippen molar-refractivity contribution in [2.45, 2.75) is 13.3 Å². The molecule has 0 aliphatic rings. The van der Waals surface area contributed by atoms with Crippen molar-refractivity contribution in [2.24, 2.45) is 7.05 Å². The van der Waals surface area contributed by atoms with Gasteiger partial charge in [0.1, 0.15) is 5.82 Å². The zero-order valence-electron chi connectivity index (χ0n) is 15.7. The number of amides is 1.